The van der Waals surface area contributed by atoms with E-state index in [2.05, 4.69) is 15.2 Å². The van der Waals surface area contributed by atoms with Crippen molar-refractivity contribution in [2.75, 3.05) is 45.6 Å². The maximum Gasteiger partial charge on any atom is 0.252 e. The van der Waals surface area contributed by atoms with E-state index in [1.54, 1.807) is 28.8 Å². The Bertz CT molecular complexity index is 730. The third-order valence-electron chi connectivity index (χ3n) is 5.60. The average molecular weight is 411 g/mol. The predicted molar refractivity (Wildman–Crippen MR) is 107 cm³/mol. The normalized spacial score (nSPS) is 20.4. The van der Waals surface area contributed by atoms with E-state index < -0.39 is 10.0 Å². The summed E-state index contributed by atoms with van der Waals surface area (Å²) in [5.74, 6) is -0.119. The van der Waals surface area contributed by atoms with Crippen LogP contribution < -0.4 is 5.32 Å². The number of amides is 1. The molecule has 2 aliphatic heterocycles. The van der Waals surface area contributed by atoms with E-state index in [1.165, 1.54) is 6.26 Å². The molecule has 2 fully saturated rings. The van der Waals surface area contributed by atoms with E-state index in [0.29, 0.717) is 37.3 Å². The maximum atomic E-state index is 12.3. The molecule has 2 aliphatic rings. The van der Waals surface area contributed by atoms with Gasteiger partial charge in [-0.05, 0) is 37.8 Å². The minimum absolute atomic E-state index is 0.119. The molecule has 2 saturated heterocycles. The Hall–Kier alpha value is -1.55. The van der Waals surface area contributed by atoms with Gasteiger partial charge >= 0.3 is 0 Å². The third kappa shape index (κ3) is 5.73. The first-order valence-corrected chi connectivity index (χ1v) is 11.8. The number of hydrogen-bond donors (Lipinski definition) is 1. The number of hydrogen-bond acceptors (Lipinski definition) is 6. The highest BCUT2D eigenvalue weighted by Crippen LogP contribution is 2.24. The molecule has 156 valence electrons. The van der Waals surface area contributed by atoms with E-state index in [-0.39, 0.29) is 5.91 Å². The fraction of sp³-hybridized carbons (Fsp3) is 0.684. The summed E-state index contributed by atoms with van der Waals surface area (Å²) in [5.41, 5.74) is 0.557. The van der Waals surface area contributed by atoms with E-state index in [9.17, 15) is 13.2 Å². The van der Waals surface area contributed by atoms with Crippen molar-refractivity contribution in [3.63, 3.8) is 0 Å². The van der Waals surface area contributed by atoms with Crippen LogP contribution in [0.4, 0.5) is 0 Å². The van der Waals surface area contributed by atoms with Gasteiger partial charge in [-0.25, -0.2) is 12.7 Å². The van der Waals surface area contributed by atoms with E-state index >= 15 is 0 Å². The minimum Gasteiger partial charge on any atom is -0.381 e. The summed E-state index contributed by atoms with van der Waals surface area (Å²) in [6, 6.07) is 4.24. The zero-order chi connectivity index (χ0) is 20.0. The number of rotatable bonds is 7. The first-order valence-electron chi connectivity index (χ1n) is 9.92. The van der Waals surface area contributed by atoms with Crippen LogP contribution in [-0.4, -0.2) is 86.2 Å². The second-order valence-corrected chi connectivity index (χ2v) is 9.45. The standard InChI is InChI=1S/C19H30N4O4S/c1-28(25,26)22-10-4-17(5-11-22)23(18-6-13-27-14-7-18)12-9-21-19(24)16-3-2-8-20-15-16/h2-3,8,15,17-18H,4-7,9-14H2,1H3,(H,21,24). The summed E-state index contributed by atoms with van der Waals surface area (Å²) >= 11 is 0. The van der Waals surface area contributed by atoms with Gasteiger partial charge in [0, 0.05) is 63.9 Å². The van der Waals surface area contributed by atoms with Crippen LogP contribution in [0.15, 0.2) is 24.5 Å². The molecule has 0 unspecified atom stereocenters. The van der Waals surface area contributed by atoms with Crippen molar-refractivity contribution in [3.05, 3.63) is 30.1 Å². The Morgan fingerprint density at radius 1 is 1.25 bits per heavy atom. The van der Waals surface area contributed by atoms with Crippen LogP contribution in [0.2, 0.25) is 0 Å². The summed E-state index contributed by atoms with van der Waals surface area (Å²) < 4.78 is 30.7. The molecule has 28 heavy (non-hydrogen) atoms. The first-order chi connectivity index (χ1) is 13.4. The quantitative estimate of drug-likeness (QED) is 0.712. The Morgan fingerprint density at radius 3 is 2.54 bits per heavy atom. The topological polar surface area (TPSA) is 91.8 Å². The summed E-state index contributed by atoms with van der Waals surface area (Å²) in [7, 11) is -3.13. The third-order valence-corrected chi connectivity index (χ3v) is 6.90. The fourth-order valence-electron chi connectivity index (χ4n) is 4.08. The summed E-state index contributed by atoms with van der Waals surface area (Å²) in [5, 5.41) is 2.98. The lowest BCUT2D eigenvalue weighted by atomic mass is 9.98. The van der Waals surface area contributed by atoms with Crippen molar-refractivity contribution >= 4 is 15.9 Å². The molecule has 1 N–H and O–H groups in total. The second kappa shape index (κ2) is 9.78. The molecule has 0 saturated carbocycles. The summed E-state index contributed by atoms with van der Waals surface area (Å²) in [4.78, 5) is 18.7. The molecule has 8 nitrogen and oxygen atoms in total. The van der Waals surface area contributed by atoms with Crippen LogP contribution in [0.25, 0.3) is 0 Å². The molecule has 0 aliphatic carbocycles. The molecule has 0 aromatic carbocycles. The number of carbonyl (C=O) groups excluding carboxylic acids is 1. The van der Waals surface area contributed by atoms with Crippen molar-refractivity contribution in [2.24, 2.45) is 0 Å². The number of nitrogens with zero attached hydrogens (tertiary/aromatic N) is 3. The molecule has 3 heterocycles. The molecule has 1 aromatic rings. The van der Waals surface area contributed by atoms with Crippen LogP contribution in [-0.2, 0) is 14.8 Å². The Balaban J connectivity index is 1.57. The zero-order valence-electron chi connectivity index (χ0n) is 16.4. The van der Waals surface area contributed by atoms with E-state index in [1.807, 2.05) is 0 Å². The van der Waals surface area contributed by atoms with Crippen molar-refractivity contribution in [3.8, 4) is 0 Å². The van der Waals surface area contributed by atoms with Gasteiger partial charge < -0.3 is 10.1 Å². The van der Waals surface area contributed by atoms with Crippen LogP contribution in [0.5, 0.6) is 0 Å². The van der Waals surface area contributed by atoms with Crippen molar-refractivity contribution in [2.45, 2.75) is 37.8 Å². The first kappa shape index (κ1) is 21.2. The number of sulfonamides is 1. The lowest BCUT2D eigenvalue weighted by molar-refractivity contribution is 0.00747. The Kier molecular flexibility index (Phi) is 7.39. The molecule has 3 rings (SSSR count). The van der Waals surface area contributed by atoms with Crippen molar-refractivity contribution < 1.29 is 17.9 Å². The second-order valence-electron chi connectivity index (χ2n) is 7.47. The van der Waals surface area contributed by atoms with Crippen molar-refractivity contribution in [1.29, 1.82) is 0 Å². The highest BCUT2D eigenvalue weighted by molar-refractivity contribution is 7.88. The molecule has 1 amide bonds. The summed E-state index contributed by atoms with van der Waals surface area (Å²) in [6.07, 6.45) is 8.07. The van der Waals surface area contributed by atoms with Gasteiger partial charge in [0.15, 0.2) is 0 Å². The van der Waals surface area contributed by atoms with Crippen LogP contribution in [0.3, 0.4) is 0 Å². The number of carbonyl (C=O) groups is 1. The van der Waals surface area contributed by atoms with Crippen LogP contribution in [0, 0.1) is 0 Å². The largest absolute Gasteiger partial charge is 0.381 e. The van der Waals surface area contributed by atoms with Gasteiger partial charge in [-0.15, -0.1) is 0 Å². The monoisotopic (exact) mass is 410 g/mol. The van der Waals surface area contributed by atoms with Gasteiger partial charge in [-0.1, -0.05) is 0 Å². The Labute approximate surface area is 167 Å². The molecule has 0 atom stereocenters. The number of ether oxygens (including phenoxy) is 1. The number of nitrogens with one attached hydrogen (secondary N) is 1. The molecule has 0 bridgehead atoms. The fourth-order valence-corrected chi connectivity index (χ4v) is 4.96. The number of aromatic nitrogens is 1. The zero-order valence-corrected chi connectivity index (χ0v) is 17.2. The average Bonchev–Trinajstić information content (AvgIpc) is 2.72. The molecule has 9 heteroatoms. The van der Waals surface area contributed by atoms with Gasteiger partial charge in [0.05, 0.1) is 11.8 Å². The van der Waals surface area contributed by atoms with Gasteiger partial charge in [-0.2, -0.15) is 0 Å². The smallest absolute Gasteiger partial charge is 0.252 e. The summed E-state index contributed by atoms with van der Waals surface area (Å²) in [6.45, 7) is 3.94. The number of pyridine rings is 1. The van der Waals surface area contributed by atoms with Crippen LogP contribution in [0.1, 0.15) is 36.0 Å². The molecular formula is C19H30N4O4S. The highest BCUT2D eigenvalue weighted by Gasteiger charge is 2.32. The van der Waals surface area contributed by atoms with Gasteiger partial charge in [0.2, 0.25) is 10.0 Å². The van der Waals surface area contributed by atoms with Gasteiger partial charge in [0.1, 0.15) is 0 Å². The van der Waals surface area contributed by atoms with Gasteiger partial charge in [0.25, 0.3) is 5.91 Å². The number of piperidine rings is 1. The van der Waals surface area contributed by atoms with Gasteiger partial charge in [-0.3, -0.25) is 14.7 Å². The maximum absolute atomic E-state index is 12.3. The molecule has 0 radical (unpaired) electrons. The van der Waals surface area contributed by atoms with E-state index in [0.717, 1.165) is 45.4 Å². The molecular weight excluding hydrogens is 380 g/mol. The SMILES string of the molecule is CS(=O)(=O)N1CCC(N(CCNC(=O)c2cccnc2)C2CCOCC2)CC1. The lowest BCUT2D eigenvalue weighted by Gasteiger charge is -2.43. The lowest BCUT2D eigenvalue weighted by Crippen LogP contribution is -2.53. The minimum atomic E-state index is -3.13. The van der Waals surface area contributed by atoms with E-state index in [4.69, 9.17) is 4.74 Å². The predicted octanol–water partition coefficient (Wildman–Crippen LogP) is 0.716. The molecule has 0 spiro atoms. The van der Waals surface area contributed by atoms with Crippen molar-refractivity contribution in [1.82, 2.24) is 19.5 Å². The Morgan fingerprint density at radius 2 is 1.93 bits per heavy atom. The highest BCUT2D eigenvalue weighted by atomic mass is 32.2. The van der Waals surface area contributed by atoms with Crippen LogP contribution >= 0.6 is 0 Å². The molecule has 1 aromatic heterocycles.